The molecule has 0 saturated heterocycles. The number of aliphatic carboxylic acids is 1. The van der Waals surface area contributed by atoms with Crippen LogP contribution in [0.25, 0.3) is 5.65 Å². The maximum Gasteiger partial charge on any atom is 0.353 e. The number of hydrogen-bond donors (Lipinski definition) is 3. The summed E-state index contributed by atoms with van der Waals surface area (Å²) in [5.41, 5.74) is 6.55. The molecule has 5 N–H and O–H groups in total. The van der Waals surface area contributed by atoms with E-state index in [-0.39, 0.29) is 12.2 Å². The van der Waals surface area contributed by atoms with Crippen LogP contribution in [0.3, 0.4) is 0 Å². The highest BCUT2D eigenvalue weighted by molar-refractivity contribution is 5.85. The minimum Gasteiger partial charge on any atom is -0.477 e. The van der Waals surface area contributed by atoms with Crippen molar-refractivity contribution in [3.63, 3.8) is 0 Å². The number of hydrazine groups is 1. The van der Waals surface area contributed by atoms with Gasteiger partial charge in [0.05, 0.1) is 6.54 Å². The van der Waals surface area contributed by atoms with Crippen molar-refractivity contribution >= 4 is 11.6 Å². The number of aromatic nitrogens is 2. The fourth-order valence-electron chi connectivity index (χ4n) is 2.29. The van der Waals surface area contributed by atoms with Gasteiger partial charge in [0.1, 0.15) is 17.0 Å². The Balaban J connectivity index is 1.86. The van der Waals surface area contributed by atoms with Crippen LogP contribution in [0.1, 0.15) is 30.0 Å². The summed E-state index contributed by atoms with van der Waals surface area (Å²) in [6, 6.07) is 3.72. The predicted molar refractivity (Wildman–Crippen MR) is 76.8 cm³/mol. The third-order valence-corrected chi connectivity index (χ3v) is 3.58. The number of carboxylic acids is 1. The lowest BCUT2D eigenvalue weighted by molar-refractivity contribution is -0.132. The standard InChI is InChI=1S/C14H16FN5O2/c15-13-11(7-19(17)6-10(16)14(21)22)18-12-4-3-9(5-20(12)13)8-1-2-8/h3-6,8H,1-2,7,16-17H2,(H,21,22)/b10-6-. The monoisotopic (exact) mass is 305 g/mol. The molecule has 0 bridgehead atoms. The van der Waals surface area contributed by atoms with Gasteiger partial charge in [-0.3, -0.25) is 4.40 Å². The van der Waals surface area contributed by atoms with E-state index in [1.54, 1.807) is 12.3 Å². The average molecular weight is 305 g/mol. The molecule has 0 radical (unpaired) electrons. The lowest BCUT2D eigenvalue weighted by atomic mass is 10.2. The van der Waals surface area contributed by atoms with Crippen LogP contribution >= 0.6 is 0 Å². The van der Waals surface area contributed by atoms with Gasteiger partial charge in [-0.05, 0) is 30.4 Å². The number of nitrogens with zero attached hydrogens (tertiary/aromatic N) is 3. The van der Waals surface area contributed by atoms with E-state index in [4.69, 9.17) is 16.7 Å². The molecule has 22 heavy (non-hydrogen) atoms. The van der Waals surface area contributed by atoms with Crippen molar-refractivity contribution in [1.82, 2.24) is 14.4 Å². The molecule has 1 aliphatic rings. The second-order valence-corrected chi connectivity index (χ2v) is 5.38. The molecule has 0 aliphatic heterocycles. The van der Waals surface area contributed by atoms with E-state index in [1.807, 2.05) is 6.07 Å². The number of halogens is 1. The molecule has 3 rings (SSSR count). The Labute approximate surface area is 125 Å². The SMILES string of the molecule is N/C(=C\N(N)Cc1nc2ccc(C3CC3)cn2c1F)C(=O)O. The number of rotatable bonds is 5. The highest BCUT2D eigenvalue weighted by Gasteiger charge is 2.24. The quantitative estimate of drug-likeness (QED) is 0.430. The molecule has 0 atom stereocenters. The fourth-order valence-corrected chi connectivity index (χ4v) is 2.29. The number of pyridine rings is 1. The minimum absolute atomic E-state index is 0.0831. The number of hydrogen-bond acceptors (Lipinski definition) is 5. The van der Waals surface area contributed by atoms with Crippen LogP contribution in [0.2, 0.25) is 0 Å². The molecule has 2 aromatic rings. The summed E-state index contributed by atoms with van der Waals surface area (Å²) < 4.78 is 15.8. The van der Waals surface area contributed by atoms with Gasteiger partial charge in [0.15, 0.2) is 0 Å². The zero-order valence-corrected chi connectivity index (χ0v) is 11.7. The van der Waals surface area contributed by atoms with Crippen molar-refractivity contribution < 1.29 is 14.3 Å². The van der Waals surface area contributed by atoms with E-state index >= 15 is 0 Å². The van der Waals surface area contributed by atoms with E-state index < -0.39 is 17.6 Å². The summed E-state index contributed by atoms with van der Waals surface area (Å²) in [5, 5.41) is 9.68. The number of imidazole rings is 1. The molecule has 7 nitrogen and oxygen atoms in total. The van der Waals surface area contributed by atoms with Crippen LogP contribution in [-0.4, -0.2) is 25.5 Å². The molecule has 2 aromatic heterocycles. The van der Waals surface area contributed by atoms with Crippen molar-refractivity contribution in [3.8, 4) is 0 Å². The van der Waals surface area contributed by atoms with Gasteiger partial charge in [-0.15, -0.1) is 0 Å². The first kappa shape index (κ1) is 14.3. The Morgan fingerprint density at radius 1 is 1.55 bits per heavy atom. The molecular weight excluding hydrogens is 289 g/mol. The molecular formula is C14H16FN5O2. The summed E-state index contributed by atoms with van der Waals surface area (Å²) in [6.45, 7) is -0.0831. The summed E-state index contributed by atoms with van der Waals surface area (Å²) in [4.78, 5) is 14.8. The largest absolute Gasteiger partial charge is 0.477 e. The highest BCUT2D eigenvalue weighted by Crippen LogP contribution is 2.40. The minimum atomic E-state index is -1.29. The third kappa shape index (κ3) is 2.73. The van der Waals surface area contributed by atoms with Crippen molar-refractivity contribution in [2.24, 2.45) is 11.6 Å². The van der Waals surface area contributed by atoms with E-state index in [1.165, 1.54) is 4.40 Å². The lowest BCUT2D eigenvalue weighted by Gasteiger charge is -2.12. The van der Waals surface area contributed by atoms with Crippen LogP contribution < -0.4 is 11.6 Å². The topological polar surface area (TPSA) is 110 Å². The van der Waals surface area contributed by atoms with Gasteiger partial charge in [0.2, 0.25) is 5.95 Å². The molecule has 1 saturated carbocycles. The van der Waals surface area contributed by atoms with E-state index in [0.29, 0.717) is 11.6 Å². The van der Waals surface area contributed by atoms with Gasteiger partial charge >= 0.3 is 5.97 Å². The molecule has 1 fully saturated rings. The lowest BCUT2D eigenvalue weighted by Crippen LogP contribution is -2.28. The van der Waals surface area contributed by atoms with Gasteiger partial charge in [-0.1, -0.05) is 6.07 Å². The summed E-state index contributed by atoms with van der Waals surface area (Å²) in [6.07, 6.45) is 5.04. The van der Waals surface area contributed by atoms with Gasteiger partial charge < -0.3 is 15.8 Å². The van der Waals surface area contributed by atoms with Gasteiger partial charge in [0.25, 0.3) is 0 Å². The molecule has 0 amide bonds. The summed E-state index contributed by atoms with van der Waals surface area (Å²) in [7, 11) is 0. The normalized spacial score (nSPS) is 15.3. The van der Waals surface area contributed by atoms with Crippen molar-refractivity contribution in [3.05, 3.63) is 47.4 Å². The number of nitrogens with two attached hydrogens (primary N) is 2. The Morgan fingerprint density at radius 2 is 2.27 bits per heavy atom. The zero-order chi connectivity index (χ0) is 15.9. The fraction of sp³-hybridized carbons (Fsp3) is 0.286. The maximum absolute atomic E-state index is 14.4. The Bertz CT molecular complexity index is 766. The predicted octanol–water partition coefficient (Wildman–Crippen LogP) is 0.911. The number of carbonyl (C=O) groups is 1. The first-order valence-corrected chi connectivity index (χ1v) is 6.84. The van der Waals surface area contributed by atoms with Crippen LogP contribution in [0.5, 0.6) is 0 Å². The first-order chi connectivity index (χ1) is 10.5. The second-order valence-electron chi connectivity index (χ2n) is 5.38. The van der Waals surface area contributed by atoms with Crippen molar-refractivity contribution in [2.45, 2.75) is 25.3 Å². The number of carboxylic acid groups (broad SMARTS) is 1. The van der Waals surface area contributed by atoms with Gasteiger partial charge in [-0.25, -0.2) is 15.6 Å². The Morgan fingerprint density at radius 3 is 2.91 bits per heavy atom. The van der Waals surface area contributed by atoms with Crippen LogP contribution in [0.15, 0.2) is 30.2 Å². The molecule has 0 spiro atoms. The highest BCUT2D eigenvalue weighted by atomic mass is 19.1. The van der Waals surface area contributed by atoms with Crippen molar-refractivity contribution in [1.29, 1.82) is 0 Å². The zero-order valence-electron chi connectivity index (χ0n) is 11.7. The Kier molecular flexibility index (Phi) is 3.45. The van der Waals surface area contributed by atoms with E-state index in [2.05, 4.69) is 4.98 Å². The van der Waals surface area contributed by atoms with Crippen molar-refractivity contribution in [2.75, 3.05) is 0 Å². The molecule has 0 unspecified atom stereocenters. The smallest absolute Gasteiger partial charge is 0.353 e. The van der Waals surface area contributed by atoms with Crippen LogP contribution in [-0.2, 0) is 11.3 Å². The van der Waals surface area contributed by atoms with Gasteiger partial charge in [-0.2, -0.15) is 4.39 Å². The third-order valence-electron chi connectivity index (χ3n) is 3.58. The molecule has 116 valence electrons. The van der Waals surface area contributed by atoms with E-state index in [0.717, 1.165) is 29.6 Å². The first-order valence-electron chi connectivity index (χ1n) is 6.84. The number of fused-ring (bicyclic) bond motifs is 1. The second kappa shape index (κ2) is 5.30. The van der Waals surface area contributed by atoms with Crippen LogP contribution in [0, 0.1) is 5.95 Å². The summed E-state index contributed by atoms with van der Waals surface area (Å²) in [5.74, 6) is 4.34. The van der Waals surface area contributed by atoms with Crippen LogP contribution in [0.4, 0.5) is 4.39 Å². The molecule has 0 aromatic carbocycles. The average Bonchev–Trinajstić information content (AvgIpc) is 3.26. The molecule has 8 heteroatoms. The van der Waals surface area contributed by atoms with Gasteiger partial charge in [0, 0.05) is 12.4 Å². The maximum atomic E-state index is 14.4. The summed E-state index contributed by atoms with van der Waals surface area (Å²) >= 11 is 0. The molecule has 2 heterocycles. The molecule has 1 aliphatic carbocycles. The Hall–Kier alpha value is -2.61. The van der Waals surface area contributed by atoms with E-state index in [9.17, 15) is 9.18 Å².